The van der Waals surface area contributed by atoms with Gasteiger partial charge in [0.1, 0.15) is 5.57 Å². The average molecular weight is 438 g/mol. The smallest absolute Gasteiger partial charge is 0.450 e. The van der Waals surface area contributed by atoms with E-state index in [1.165, 1.54) is 29.0 Å². The highest BCUT2D eigenvalue weighted by atomic mass is 32.1. The van der Waals surface area contributed by atoms with E-state index < -0.39 is 22.8 Å². The van der Waals surface area contributed by atoms with Crippen molar-refractivity contribution in [3.63, 3.8) is 0 Å². The number of nitrogens with zero attached hydrogens (tertiary/aromatic N) is 4. The fourth-order valence-corrected chi connectivity index (χ4v) is 3.50. The van der Waals surface area contributed by atoms with Gasteiger partial charge in [0, 0.05) is 30.5 Å². The maximum absolute atomic E-state index is 13.2. The van der Waals surface area contributed by atoms with Gasteiger partial charge in [-0.05, 0) is 35.0 Å². The van der Waals surface area contributed by atoms with Gasteiger partial charge in [-0.1, -0.05) is 18.2 Å². The number of non-ortho nitro benzene ring substituents is 1. The largest absolute Gasteiger partial charge is 0.464 e. The van der Waals surface area contributed by atoms with E-state index in [9.17, 15) is 19.7 Å². The minimum atomic E-state index is -1.20. The van der Waals surface area contributed by atoms with E-state index in [0.717, 1.165) is 4.70 Å². The van der Waals surface area contributed by atoms with Crippen molar-refractivity contribution in [1.82, 2.24) is 9.55 Å². The number of amides is 1. The second-order valence-electron chi connectivity index (χ2n) is 6.57. The molecule has 0 radical (unpaired) electrons. The van der Waals surface area contributed by atoms with Crippen molar-refractivity contribution in [1.29, 1.82) is 0 Å². The van der Waals surface area contributed by atoms with Crippen molar-refractivity contribution in [3.05, 3.63) is 69.0 Å². The molecule has 31 heavy (non-hydrogen) atoms. The molecule has 1 N–H and O–H groups in total. The molecule has 11 heteroatoms. The zero-order chi connectivity index (χ0) is 22.1. The molecule has 0 saturated heterocycles. The molecule has 1 amide bonds. The molecule has 0 spiro atoms. The number of para-hydroxylation sites is 1. The molecular formula is C20H16N5O5S+. The first-order chi connectivity index (χ1) is 14.9. The van der Waals surface area contributed by atoms with Crippen molar-refractivity contribution in [2.45, 2.75) is 13.0 Å². The fourth-order valence-electron chi connectivity index (χ4n) is 3.23. The summed E-state index contributed by atoms with van der Waals surface area (Å²) in [6.07, 6.45) is 1.38. The number of imidazole rings is 1. The number of ether oxygens (including phenoxy) is 1. The zero-order valence-corrected chi connectivity index (χ0v) is 17.0. The van der Waals surface area contributed by atoms with Gasteiger partial charge in [-0.25, -0.2) is 9.59 Å². The number of nitro groups is 1. The van der Waals surface area contributed by atoms with Crippen LogP contribution in [-0.4, -0.2) is 43.7 Å². The standard InChI is InChI=1S/C20H15N5O5S/c1-2-30-19(27)17-14(18(26)24(22-17)12-6-4-3-5-7-12)11-23-16-10-13(25(28)29)8-9-15(16)21-20(23)31/h3-11,17H,2H2,1H3/p+1/b14-11-. The Morgan fingerprint density at radius 2 is 2.10 bits per heavy atom. The molecule has 2 aromatic carbocycles. The van der Waals surface area contributed by atoms with Crippen LogP contribution in [0.25, 0.3) is 17.2 Å². The Morgan fingerprint density at radius 1 is 1.35 bits per heavy atom. The first-order valence-electron chi connectivity index (χ1n) is 9.28. The third-order valence-corrected chi connectivity index (χ3v) is 4.95. The number of rotatable bonds is 5. The lowest BCUT2D eigenvalue weighted by molar-refractivity contribution is -0.423. The summed E-state index contributed by atoms with van der Waals surface area (Å²) in [6, 6.07) is 11.7. The first-order valence-corrected chi connectivity index (χ1v) is 9.68. The van der Waals surface area contributed by atoms with E-state index in [1.807, 2.05) is 0 Å². The molecule has 1 aliphatic heterocycles. The van der Waals surface area contributed by atoms with Crippen molar-refractivity contribution < 1.29 is 23.9 Å². The van der Waals surface area contributed by atoms with Gasteiger partial charge in [-0.2, -0.15) is 0 Å². The molecule has 156 valence electrons. The number of carbonyl (C=O) groups excluding carboxylic acids is 2. The molecule has 3 aromatic rings. The van der Waals surface area contributed by atoms with Crippen molar-refractivity contribution in [2.24, 2.45) is 5.11 Å². The van der Waals surface area contributed by atoms with E-state index in [4.69, 9.17) is 17.0 Å². The number of carbonyl (C=O) groups is 2. The quantitative estimate of drug-likeness (QED) is 0.162. The highest BCUT2D eigenvalue weighted by molar-refractivity contribution is 7.71. The van der Waals surface area contributed by atoms with E-state index in [0.29, 0.717) is 16.7 Å². The molecular weight excluding hydrogens is 422 g/mol. The van der Waals surface area contributed by atoms with Crippen LogP contribution in [0.1, 0.15) is 6.92 Å². The van der Waals surface area contributed by atoms with E-state index in [2.05, 4.69) is 10.1 Å². The third kappa shape index (κ3) is 3.66. The van der Waals surface area contributed by atoms with Crippen LogP contribution >= 0.6 is 12.2 Å². The minimum absolute atomic E-state index is 0.0332. The van der Waals surface area contributed by atoms with Gasteiger partial charge in [-0.15, -0.1) is 0 Å². The van der Waals surface area contributed by atoms with Gasteiger partial charge in [0.25, 0.3) is 5.69 Å². The number of nitro benzene ring substituents is 1. The molecule has 0 fully saturated rings. The highest BCUT2D eigenvalue weighted by Gasteiger charge is 2.46. The Hall–Kier alpha value is -3.99. The van der Waals surface area contributed by atoms with Crippen molar-refractivity contribution in [2.75, 3.05) is 6.61 Å². The van der Waals surface area contributed by atoms with Crippen LogP contribution < -0.4 is 0 Å². The van der Waals surface area contributed by atoms with E-state index in [-0.39, 0.29) is 22.6 Å². The Labute approximate surface area is 180 Å². The molecule has 0 saturated carbocycles. The number of aromatic nitrogens is 2. The molecule has 4 rings (SSSR count). The SMILES string of the molecule is CCOC(=O)C1N=[N+](c2ccccc2)C(=O)/C1=C\n1c(=S)[nH]c2ccc([N+](=O)[O-])cc21. The maximum atomic E-state index is 13.2. The van der Waals surface area contributed by atoms with Crippen LogP contribution in [0, 0.1) is 14.9 Å². The van der Waals surface area contributed by atoms with Gasteiger partial charge < -0.3 is 9.72 Å². The molecule has 1 aliphatic rings. The Morgan fingerprint density at radius 3 is 2.77 bits per heavy atom. The maximum Gasteiger partial charge on any atom is 0.450 e. The lowest BCUT2D eigenvalue weighted by Gasteiger charge is -2.04. The Kier molecular flexibility index (Phi) is 5.26. The molecule has 2 heterocycles. The van der Waals surface area contributed by atoms with Crippen LogP contribution in [0.15, 0.2) is 59.2 Å². The predicted molar refractivity (Wildman–Crippen MR) is 112 cm³/mol. The predicted octanol–water partition coefficient (Wildman–Crippen LogP) is 3.72. The molecule has 10 nitrogen and oxygen atoms in total. The first kappa shape index (κ1) is 20.3. The van der Waals surface area contributed by atoms with Crippen LogP contribution in [0.2, 0.25) is 0 Å². The average Bonchev–Trinajstić information content (AvgIpc) is 3.25. The monoisotopic (exact) mass is 438 g/mol. The number of hydrogen-bond donors (Lipinski definition) is 1. The number of H-pyrrole nitrogens is 1. The summed E-state index contributed by atoms with van der Waals surface area (Å²) in [6.45, 7) is 1.78. The highest BCUT2D eigenvalue weighted by Crippen LogP contribution is 2.28. The van der Waals surface area contributed by atoms with E-state index >= 15 is 0 Å². The topological polar surface area (TPSA) is 123 Å². The van der Waals surface area contributed by atoms with Crippen molar-refractivity contribution >= 4 is 52.7 Å². The summed E-state index contributed by atoms with van der Waals surface area (Å²) >= 11 is 5.33. The summed E-state index contributed by atoms with van der Waals surface area (Å²) in [5.74, 6) is -1.20. The van der Waals surface area contributed by atoms with E-state index in [1.54, 1.807) is 37.3 Å². The summed E-state index contributed by atoms with van der Waals surface area (Å²) in [5, 5.41) is 15.4. The number of nitrogens with one attached hydrogen (secondary N) is 1. The second kappa shape index (κ2) is 8.03. The van der Waals surface area contributed by atoms with Gasteiger partial charge >= 0.3 is 11.9 Å². The lowest BCUT2D eigenvalue weighted by atomic mass is 10.1. The normalized spacial score (nSPS) is 17.2. The number of benzene rings is 2. The number of esters is 1. The lowest BCUT2D eigenvalue weighted by Crippen LogP contribution is -2.23. The number of azo groups is 2. The molecule has 0 bridgehead atoms. The number of hydrogen-bond acceptors (Lipinski definition) is 7. The van der Waals surface area contributed by atoms with Crippen LogP contribution in [-0.2, 0) is 14.3 Å². The second-order valence-corrected chi connectivity index (χ2v) is 6.95. The van der Waals surface area contributed by atoms with Gasteiger partial charge in [0.15, 0.2) is 4.77 Å². The summed E-state index contributed by atoms with van der Waals surface area (Å²) < 4.78 is 7.85. The Bertz CT molecular complexity index is 1340. The van der Waals surface area contributed by atoms with Crippen LogP contribution in [0.5, 0.6) is 0 Å². The molecule has 1 aromatic heterocycles. The zero-order valence-electron chi connectivity index (χ0n) is 16.2. The number of aromatic amines is 1. The Balaban J connectivity index is 1.87. The summed E-state index contributed by atoms with van der Waals surface area (Å²) in [5.41, 5.74) is 1.32. The fraction of sp³-hybridized carbons (Fsp3) is 0.150. The third-order valence-electron chi connectivity index (χ3n) is 4.66. The summed E-state index contributed by atoms with van der Waals surface area (Å²) in [4.78, 5) is 39.3. The van der Waals surface area contributed by atoms with Crippen LogP contribution in [0.3, 0.4) is 0 Å². The van der Waals surface area contributed by atoms with Crippen molar-refractivity contribution in [3.8, 4) is 0 Å². The molecule has 0 aliphatic carbocycles. The van der Waals surface area contributed by atoms with Crippen LogP contribution in [0.4, 0.5) is 11.4 Å². The number of fused-ring (bicyclic) bond motifs is 1. The molecule has 1 unspecified atom stereocenters. The van der Waals surface area contributed by atoms with Gasteiger partial charge in [0.2, 0.25) is 11.7 Å². The minimum Gasteiger partial charge on any atom is -0.464 e. The van der Waals surface area contributed by atoms with Gasteiger partial charge in [-0.3, -0.25) is 14.7 Å². The summed E-state index contributed by atoms with van der Waals surface area (Å²) in [7, 11) is 0. The van der Waals surface area contributed by atoms with Gasteiger partial charge in [0.05, 0.1) is 22.6 Å². The molecule has 1 atom stereocenters.